The summed E-state index contributed by atoms with van der Waals surface area (Å²) in [6, 6.07) is 22.6. The number of nitrogens with one attached hydrogen (secondary N) is 1. The van der Waals surface area contributed by atoms with E-state index >= 15 is 0 Å². The summed E-state index contributed by atoms with van der Waals surface area (Å²) in [4.78, 5) is 13.4. The summed E-state index contributed by atoms with van der Waals surface area (Å²) in [5, 5.41) is 16.0. The van der Waals surface area contributed by atoms with Crippen molar-refractivity contribution >= 4 is 21.7 Å². The lowest BCUT2D eigenvalue weighted by Gasteiger charge is -2.26. The Labute approximate surface area is 201 Å². The predicted molar refractivity (Wildman–Crippen MR) is 135 cm³/mol. The highest BCUT2D eigenvalue weighted by atomic mass is 19.1. The fraction of sp³-hybridized carbons (Fsp3) is 0.138. The van der Waals surface area contributed by atoms with E-state index in [1.807, 2.05) is 71.3 Å². The smallest absolute Gasteiger partial charge is 0.194 e. The second-order valence-corrected chi connectivity index (χ2v) is 8.89. The maximum Gasteiger partial charge on any atom is 0.194 e. The molecule has 1 aromatic heterocycles. The normalized spacial score (nSPS) is 13.0. The molecule has 5 aromatic rings. The average molecular weight is 467 g/mol. The van der Waals surface area contributed by atoms with Crippen molar-refractivity contribution in [3.63, 3.8) is 0 Å². The molecule has 2 heterocycles. The van der Waals surface area contributed by atoms with Crippen LogP contribution in [0.3, 0.4) is 0 Å². The Balaban J connectivity index is 1.45. The van der Waals surface area contributed by atoms with E-state index in [9.17, 15) is 14.3 Å². The molecular weight excluding hydrogens is 443 g/mol. The van der Waals surface area contributed by atoms with Gasteiger partial charge in [0.15, 0.2) is 16.9 Å². The van der Waals surface area contributed by atoms with Crippen molar-refractivity contribution in [3.05, 3.63) is 112 Å². The molecule has 0 aliphatic carbocycles. The molecule has 1 atom stereocenters. The van der Waals surface area contributed by atoms with Crippen LogP contribution in [0.5, 0.6) is 11.5 Å². The van der Waals surface area contributed by atoms with E-state index < -0.39 is 11.9 Å². The van der Waals surface area contributed by atoms with Gasteiger partial charge in [0.1, 0.15) is 11.3 Å². The monoisotopic (exact) mass is 466 g/mol. The van der Waals surface area contributed by atoms with Crippen molar-refractivity contribution in [2.45, 2.75) is 19.6 Å². The molecule has 6 heteroatoms. The minimum Gasteiger partial charge on any atom is -0.453 e. The lowest BCUT2D eigenvalue weighted by atomic mass is 10.0. The fourth-order valence-corrected chi connectivity index (χ4v) is 4.74. The van der Waals surface area contributed by atoms with Gasteiger partial charge in [-0.25, -0.2) is 4.39 Å². The van der Waals surface area contributed by atoms with E-state index in [0.717, 1.165) is 22.0 Å². The molecule has 1 aliphatic rings. The molecule has 35 heavy (non-hydrogen) atoms. The Morgan fingerprint density at radius 2 is 1.74 bits per heavy atom. The Morgan fingerprint density at radius 3 is 2.51 bits per heavy atom. The highest BCUT2D eigenvalue weighted by Crippen LogP contribution is 2.43. The molecule has 0 spiro atoms. The van der Waals surface area contributed by atoms with Crippen LogP contribution in [0.2, 0.25) is 0 Å². The van der Waals surface area contributed by atoms with Crippen LogP contribution in [0.1, 0.15) is 22.8 Å². The largest absolute Gasteiger partial charge is 0.453 e. The maximum absolute atomic E-state index is 14.9. The van der Waals surface area contributed by atoms with Gasteiger partial charge in [-0.2, -0.15) is 0 Å². The zero-order chi connectivity index (χ0) is 24.1. The molecule has 0 saturated heterocycles. The van der Waals surface area contributed by atoms with Gasteiger partial charge in [-0.05, 0) is 41.5 Å². The summed E-state index contributed by atoms with van der Waals surface area (Å²) >= 11 is 0. The molecule has 0 radical (unpaired) electrons. The van der Waals surface area contributed by atoms with Gasteiger partial charge in [0.25, 0.3) is 0 Å². The summed E-state index contributed by atoms with van der Waals surface area (Å²) < 4.78 is 23.0. The molecule has 1 unspecified atom stereocenters. The number of rotatable bonds is 5. The van der Waals surface area contributed by atoms with E-state index in [2.05, 4.69) is 5.32 Å². The molecule has 2 N–H and O–H groups in total. The number of benzene rings is 4. The maximum atomic E-state index is 14.9. The third kappa shape index (κ3) is 3.58. The van der Waals surface area contributed by atoms with Crippen molar-refractivity contribution in [1.29, 1.82) is 0 Å². The highest BCUT2D eigenvalue weighted by molar-refractivity contribution is 5.94. The second-order valence-electron chi connectivity index (χ2n) is 8.89. The van der Waals surface area contributed by atoms with E-state index in [4.69, 9.17) is 4.74 Å². The van der Waals surface area contributed by atoms with Crippen LogP contribution in [-0.2, 0) is 6.54 Å². The number of ether oxygens (including phenoxy) is 1. The molecule has 0 fully saturated rings. The molecule has 174 valence electrons. The van der Waals surface area contributed by atoms with Crippen LogP contribution in [0, 0.1) is 12.7 Å². The number of fused-ring (bicyclic) bond motifs is 3. The summed E-state index contributed by atoms with van der Waals surface area (Å²) in [7, 11) is 0. The number of aromatic nitrogens is 1. The fourth-order valence-electron chi connectivity index (χ4n) is 4.74. The van der Waals surface area contributed by atoms with Crippen LogP contribution in [0.25, 0.3) is 27.4 Å². The van der Waals surface area contributed by atoms with Crippen LogP contribution in [0.15, 0.2) is 83.8 Å². The second kappa shape index (κ2) is 8.34. The molecule has 1 aliphatic heterocycles. The van der Waals surface area contributed by atoms with Crippen molar-refractivity contribution in [3.8, 4) is 17.2 Å². The first-order valence-corrected chi connectivity index (χ1v) is 11.5. The third-order valence-corrected chi connectivity index (χ3v) is 6.64. The van der Waals surface area contributed by atoms with Gasteiger partial charge < -0.3 is 19.7 Å². The van der Waals surface area contributed by atoms with Crippen LogP contribution in [-0.4, -0.2) is 16.2 Å². The van der Waals surface area contributed by atoms with E-state index in [-0.39, 0.29) is 23.9 Å². The molecule has 0 amide bonds. The zero-order valence-electron chi connectivity index (χ0n) is 19.1. The summed E-state index contributed by atoms with van der Waals surface area (Å²) in [5.74, 6) is 0.483. The number of hydrogen-bond acceptors (Lipinski definition) is 4. The number of nitrogens with zero attached hydrogens (tertiary/aromatic N) is 1. The van der Waals surface area contributed by atoms with E-state index in [1.165, 1.54) is 6.07 Å². The van der Waals surface area contributed by atoms with Gasteiger partial charge in [-0.3, -0.25) is 4.79 Å². The third-order valence-electron chi connectivity index (χ3n) is 6.64. The Kier molecular flexibility index (Phi) is 5.13. The molecule has 4 aromatic carbocycles. The lowest BCUT2D eigenvalue weighted by Crippen LogP contribution is -2.26. The number of halogens is 1. The number of aliphatic hydroxyl groups is 1. The first-order chi connectivity index (χ1) is 17.0. The van der Waals surface area contributed by atoms with Gasteiger partial charge in [0.2, 0.25) is 0 Å². The van der Waals surface area contributed by atoms with Crippen molar-refractivity contribution in [1.82, 2.24) is 9.88 Å². The molecule has 5 nitrogen and oxygen atoms in total. The summed E-state index contributed by atoms with van der Waals surface area (Å²) in [6.07, 6.45) is 1.09. The summed E-state index contributed by atoms with van der Waals surface area (Å²) in [5.41, 5.74) is 2.73. The molecule has 6 rings (SSSR count). The van der Waals surface area contributed by atoms with Gasteiger partial charge in [0, 0.05) is 30.4 Å². The van der Waals surface area contributed by atoms with Gasteiger partial charge in [-0.15, -0.1) is 0 Å². The summed E-state index contributed by atoms with van der Waals surface area (Å²) in [6.45, 7) is 2.16. The molecule has 0 saturated carbocycles. The van der Waals surface area contributed by atoms with Crippen LogP contribution < -0.4 is 15.5 Å². The minimum atomic E-state index is -0.704. The quantitative estimate of drug-likeness (QED) is 0.351. The van der Waals surface area contributed by atoms with Crippen LogP contribution in [0.4, 0.5) is 4.39 Å². The molecule has 0 bridgehead atoms. The average Bonchev–Trinajstić information content (AvgIpc) is 2.88. The molecular formula is C29H23FN2O3. The van der Waals surface area contributed by atoms with Gasteiger partial charge in [-0.1, -0.05) is 54.6 Å². The predicted octanol–water partition coefficient (Wildman–Crippen LogP) is 5.52. The van der Waals surface area contributed by atoms with E-state index in [0.29, 0.717) is 28.1 Å². The van der Waals surface area contributed by atoms with Crippen LogP contribution >= 0.6 is 0 Å². The Hall–Kier alpha value is -4.00. The Bertz CT molecular complexity index is 1660. The van der Waals surface area contributed by atoms with Gasteiger partial charge in [0.05, 0.1) is 17.2 Å². The Morgan fingerprint density at radius 1 is 1.03 bits per heavy atom. The zero-order valence-corrected chi connectivity index (χ0v) is 19.1. The first-order valence-electron chi connectivity index (χ1n) is 11.5. The van der Waals surface area contributed by atoms with Crippen molar-refractivity contribution < 1.29 is 14.2 Å². The number of hydrogen-bond donors (Lipinski definition) is 2. The van der Waals surface area contributed by atoms with Gasteiger partial charge >= 0.3 is 0 Å². The first kappa shape index (κ1) is 21.5. The standard InChI is InChI=1S/C29H23FN2O3/c1-17-23(30)13-22-27-29(17)35-26-12-20-10-6-5-9-19(20)11-24(26)32(27)16-21(28(22)34)14-31-15-25(33)18-7-3-2-4-8-18/h2-13,16,25,31,33H,14-15H2,1H3. The highest BCUT2D eigenvalue weighted by Gasteiger charge is 2.26. The lowest BCUT2D eigenvalue weighted by molar-refractivity contribution is 0.174. The van der Waals surface area contributed by atoms with Crippen molar-refractivity contribution in [2.24, 2.45) is 0 Å². The number of aliphatic hydroxyl groups excluding tert-OH is 1. The number of pyridine rings is 1. The SMILES string of the molecule is Cc1c(F)cc2c(=O)c(CNCC(O)c3ccccc3)cn3c2c1Oc1cc2ccccc2cc1-3. The minimum absolute atomic E-state index is 0.229. The van der Waals surface area contributed by atoms with E-state index in [1.54, 1.807) is 13.1 Å². The topological polar surface area (TPSA) is 63.5 Å². The van der Waals surface area contributed by atoms with Crippen molar-refractivity contribution in [2.75, 3.05) is 6.54 Å².